The molecule has 2 amide bonds. The zero-order valence-corrected chi connectivity index (χ0v) is 18.2. The molecule has 2 aliphatic rings. The maximum absolute atomic E-state index is 12.5. The minimum Gasteiger partial charge on any atom is -0.484 e. The summed E-state index contributed by atoms with van der Waals surface area (Å²) in [5, 5.41) is 3.01. The quantitative estimate of drug-likeness (QED) is 0.750. The molecule has 2 heterocycles. The number of rotatable bonds is 1. The summed E-state index contributed by atoms with van der Waals surface area (Å²) in [5.41, 5.74) is -0.799. The second-order valence-corrected chi connectivity index (χ2v) is 9.75. The number of ether oxygens (including phenoxy) is 3. The van der Waals surface area contributed by atoms with Gasteiger partial charge in [-0.05, 0) is 47.6 Å². The lowest BCUT2D eigenvalue weighted by Crippen LogP contribution is -2.55. The Kier molecular flexibility index (Phi) is 5.45. The summed E-state index contributed by atoms with van der Waals surface area (Å²) in [6.45, 7) is 12.1. The van der Waals surface area contributed by atoms with Gasteiger partial charge in [0.15, 0.2) is 0 Å². The molecule has 1 spiro atoms. The van der Waals surface area contributed by atoms with Gasteiger partial charge in [0.25, 0.3) is 0 Å². The molecule has 1 N–H and O–H groups in total. The molecule has 1 aromatic rings. The Morgan fingerprint density at radius 2 is 1.62 bits per heavy atom. The van der Waals surface area contributed by atoms with Crippen molar-refractivity contribution in [1.82, 2.24) is 10.2 Å². The molecule has 1 atom stereocenters. The summed E-state index contributed by atoms with van der Waals surface area (Å²) >= 11 is 0. The first-order valence-corrected chi connectivity index (χ1v) is 10.1. The summed E-state index contributed by atoms with van der Waals surface area (Å²) in [4.78, 5) is 26.6. The minimum atomic E-state index is -0.612. The lowest BCUT2D eigenvalue weighted by molar-refractivity contribution is -0.0262. The average Bonchev–Trinajstić information content (AvgIpc) is 2.85. The Morgan fingerprint density at radius 3 is 2.21 bits per heavy atom. The highest BCUT2D eigenvalue weighted by Crippen LogP contribution is 2.48. The van der Waals surface area contributed by atoms with Gasteiger partial charge in [0.2, 0.25) is 0 Å². The van der Waals surface area contributed by atoms with Gasteiger partial charge in [-0.15, -0.1) is 0 Å². The summed E-state index contributed by atoms with van der Waals surface area (Å²) in [6, 6.07) is 7.38. The monoisotopic (exact) mass is 404 g/mol. The van der Waals surface area contributed by atoms with Crippen LogP contribution in [0.4, 0.5) is 9.59 Å². The van der Waals surface area contributed by atoms with E-state index in [9.17, 15) is 9.59 Å². The number of hydrogen-bond acceptors (Lipinski definition) is 5. The zero-order valence-electron chi connectivity index (χ0n) is 18.2. The minimum absolute atomic E-state index is 0.320. The van der Waals surface area contributed by atoms with Crippen molar-refractivity contribution >= 4 is 12.2 Å². The fraction of sp³-hybridized carbons (Fsp3) is 0.636. The highest BCUT2D eigenvalue weighted by molar-refractivity contribution is 5.70. The molecule has 0 radical (unpaired) electrons. The van der Waals surface area contributed by atoms with Crippen molar-refractivity contribution in [3.05, 3.63) is 29.8 Å². The first-order valence-electron chi connectivity index (χ1n) is 10.1. The first kappa shape index (κ1) is 21.3. The van der Waals surface area contributed by atoms with Gasteiger partial charge in [0.1, 0.15) is 28.6 Å². The summed E-state index contributed by atoms with van der Waals surface area (Å²) in [5.74, 6) is 0.763. The van der Waals surface area contributed by atoms with E-state index in [1.807, 2.05) is 65.8 Å². The molecular formula is C22H32N2O5. The van der Waals surface area contributed by atoms with E-state index in [1.165, 1.54) is 0 Å². The number of nitrogens with zero attached hydrogens (tertiary/aromatic N) is 1. The lowest BCUT2D eigenvalue weighted by atomic mass is 9.82. The number of nitrogens with one attached hydrogen (secondary N) is 1. The van der Waals surface area contributed by atoms with Gasteiger partial charge in [-0.2, -0.15) is 0 Å². The smallest absolute Gasteiger partial charge is 0.410 e. The molecule has 7 nitrogen and oxygen atoms in total. The SMILES string of the molecule is CC(C)(C)OC(=O)NC1c2ccccc2OC12CCN(C(=O)OC(C)(C)C)CC2. The van der Waals surface area contributed by atoms with Gasteiger partial charge in [-0.3, -0.25) is 0 Å². The maximum Gasteiger partial charge on any atom is 0.410 e. The second-order valence-electron chi connectivity index (χ2n) is 9.75. The molecule has 1 unspecified atom stereocenters. The summed E-state index contributed by atoms with van der Waals surface area (Å²) in [6.07, 6.45) is 0.374. The van der Waals surface area contributed by atoms with Crippen molar-refractivity contribution < 1.29 is 23.8 Å². The Labute approximate surface area is 172 Å². The van der Waals surface area contributed by atoms with Crippen LogP contribution in [0, 0.1) is 0 Å². The average molecular weight is 405 g/mol. The Balaban J connectivity index is 1.76. The van der Waals surface area contributed by atoms with Crippen molar-refractivity contribution in [2.45, 2.75) is 77.2 Å². The van der Waals surface area contributed by atoms with E-state index in [0.29, 0.717) is 25.9 Å². The number of carbonyl (C=O) groups is 2. The van der Waals surface area contributed by atoms with E-state index in [2.05, 4.69) is 5.32 Å². The van der Waals surface area contributed by atoms with Crippen LogP contribution < -0.4 is 10.1 Å². The van der Waals surface area contributed by atoms with Gasteiger partial charge in [0, 0.05) is 31.5 Å². The van der Waals surface area contributed by atoms with Gasteiger partial charge in [0.05, 0.1) is 0 Å². The van der Waals surface area contributed by atoms with E-state index in [0.717, 1.165) is 11.3 Å². The third-order valence-corrected chi connectivity index (χ3v) is 4.99. The van der Waals surface area contributed by atoms with Crippen molar-refractivity contribution in [2.24, 2.45) is 0 Å². The topological polar surface area (TPSA) is 77.1 Å². The lowest BCUT2D eigenvalue weighted by Gasteiger charge is -2.42. The molecule has 7 heteroatoms. The number of hydrogen-bond donors (Lipinski definition) is 1. The second kappa shape index (κ2) is 7.43. The zero-order chi connectivity index (χ0) is 21.4. The highest BCUT2D eigenvalue weighted by Gasteiger charge is 2.51. The number of likely N-dealkylation sites (tertiary alicyclic amines) is 1. The van der Waals surface area contributed by atoms with Crippen LogP contribution >= 0.6 is 0 Å². The van der Waals surface area contributed by atoms with E-state index < -0.39 is 22.9 Å². The van der Waals surface area contributed by atoms with Crippen LogP contribution in [-0.2, 0) is 9.47 Å². The molecule has 29 heavy (non-hydrogen) atoms. The normalized spacial score (nSPS) is 20.6. The Bertz CT molecular complexity index is 770. The molecule has 0 aromatic heterocycles. The summed E-state index contributed by atoms with van der Waals surface area (Å²) < 4.78 is 17.3. The largest absolute Gasteiger partial charge is 0.484 e. The predicted molar refractivity (Wildman–Crippen MR) is 109 cm³/mol. The van der Waals surface area contributed by atoms with Crippen LogP contribution in [0.25, 0.3) is 0 Å². The molecule has 1 saturated heterocycles. The number of carbonyl (C=O) groups excluding carboxylic acids is 2. The van der Waals surface area contributed by atoms with Crippen LogP contribution in [-0.4, -0.2) is 47.0 Å². The number of alkyl carbamates (subject to hydrolysis) is 1. The Hall–Kier alpha value is -2.44. The van der Waals surface area contributed by atoms with Crippen molar-refractivity contribution in [3.63, 3.8) is 0 Å². The predicted octanol–water partition coefficient (Wildman–Crippen LogP) is 4.41. The van der Waals surface area contributed by atoms with E-state index in [1.54, 1.807) is 4.90 Å². The number of para-hydroxylation sites is 1. The van der Waals surface area contributed by atoms with Gasteiger partial charge in [-0.25, -0.2) is 9.59 Å². The number of benzene rings is 1. The molecule has 1 aromatic carbocycles. The molecule has 0 aliphatic carbocycles. The molecule has 0 saturated carbocycles. The van der Waals surface area contributed by atoms with E-state index in [4.69, 9.17) is 14.2 Å². The fourth-order valence-electron chi connectivity index (χ4n) is 3.79. The molecule has 160 valence electrons. The highest BCUT2D eigenvalue weighted by atomic mass is 16.6. The maximum atomic E-state index is 12.5. The number of piperidine rings is 1. The fourth-order valence-corrected chi connectivity index (χ4v) is 3.79. The molecule has 3 rings (SSSR count). The van der Waals surface area contributed by atoms with Crippen molar-refractivity contribution in [3.8, 4) is 5.75 Å². The molecular weight excluding hydrogens is 372 g/mol. The van der Waals surface area contributed by atoms with Crippen molar-refractivity contribution in [1.29, 1.82) is 0 Å². The van der Waals surface area contributed by atoms with Crippen molar-refractivity contribution in [2.75, 3.05) is 13.1 Å². The number of fused-ring (bicyclic) bond motifs is 1. The summed E-state index contributed by atoms with van der Waals surface area (Å²) in [7, 11) is 0. The Morgan fingerprint density at radius 1 is 1.03 bits per heavy atom. The van der Waals surface area contributed by atoms with Gasteiger partial charge < -0.3 is 24.4 Å². The molecule has 0 bridgehead atoms. The van der Waals surface area contributed by atoms with Crippen LogP contribution in [0.15, 0.2) is 24.3 Å². The standard InChI is InChI=1S/C22H32N2O5/c1-20(2,3)28-18(25)23-17-15-9-7-8-10-16(15)27-22(17)11-13-24(14-12-22)19(26)29-21(4,5)6/h7-10,17H,11-14H2,1-6H3,(H,23,25). The van der Waals surface area contributed by atoms with Crippen LogP contribution in [0.2, 0.25) is 0 Å². The van der Waals surface area contributed by atoms with Crippen LogP contribution in [0.1, 0.15) is 66.0 Å². The van der Waals surface area contributed by atoms with Crippen LogP contribution in [0.3, 0.4) is 0 Å². The third kappa shape index (κ3) is 4.95. The van der Waals surface area contributed by atoms with Crippen LogP contribution in [0.5, 0.6) is 5.75 Å². The van der Waals surface area contributed by atoms with Gasteiger partial charge >= 0.3 is 12.2 Å². The molecule has 1 fully saturated rings. The van der Waals surface area contributed by atoms with Gasteiger partial charge in [-0.1, -0.05) is 18.2 Å². The van der Waals surface area contributed by atoms with E-state index in [-0.39, 0.29) is 12.1 Å². The first-order chi connectivity index (χ1) is 13.4. The third-order valence-electron chi connectivity index (χ3n) is 4.99. The number of amides is 2. The van der Waals surface area contributed by atoms with E-state index >= 15 is 0 Å². The molecule has 2 aliphatic heterocycles.